The van der Waals surface area contributed by atoms with Crippen LogP contribution in [0.1, 0.15) is 16.8 Å². The third-order valence-electron chi connectivity index (χ3n) is 4.13. The van der Waals surface area contributed by atoms with Crippen LogP contribution < -0.4 is 10.9 Å². The molecule has 9 heteroatoms. The van der Waals surface area contributed by atoms with Crippen molar-refractivity contribution >= 4 is 11.4 Å². The first-order valence-electron chi connectivity index (χ1n) is 8.31. The predicted octanol–water partition coefficient (Wildman–Crippen LogP) is 5.93. The quantitative estimate of drug-likeness (QED) is 0.542. The number of nitrogens with zero attached hydrogens (tertiary/aromatic N) is 1. The van der Waals surface area contributed by atoms with Crippen LogP contribution in [0.5, 0.6) is 0 Å². The molecule has 0 saturated heterocycles. The van der Waals surface area contributed by atoms with Crippen molar-refractivity contribution < 1.29 is 26.3 Å². The smallest absolute Gasteiger partial charge is 0.355 e. The van der Waals surface area contributed by atoms with Crippen LogP contribution in [-0.2, 0) is 12.4 Å². The minimum Gasteiger partial charge on any atom is -0.355 e. The summed E-state index contributed by atoms with van der Waals surface area (Å²) < 4.78 is 78.4. The molecule has 1 aromatic heterocycles. The number of halogens is 6. The van der Waals surface area contributed by atoms with Gasteiger partial charge in [0.1, 0.15) is 0 Å². The highest BCUT2D eigenvalue weighted by molar-refractivity contribution is 5.61. The molecule has 2 aromatic carbocycles. The predicted molar refractivity (Wildman–Crippen MR) is 96.5 cm³/mol. The van der Waals surface area contributed by atoms with Crippen LogP contribution >= 0.6 is 0 Å². The van der Waals surface area contributed by atoms with Crippen molar-refractivity contribution in [2.75, 3.05) is 5.32 Å². The molecule has 0 saturated carbocycles. The van der Waals surface area contributed by atoms with Crippen LogP contribution in [0.15, 0.2) is 65.5 Å². The zero-order valence-electron chi connectivity index (χ0n) is 14.9. The fourth-order valence-corrected chi connectivity index (χ4v) is 2.87. The Kier molecular flexibility index (Phi) is 5.16. The Morgan fingerprint density at radius 3 is 1.93 bits per heavy atom. The van der Waals surface area contributed by atoms with Crippen molar-refractivity contribution in [1.29, 1.82) is 0 Å². The Hall–Kier alpha value is -3.23. The summed E-state index contributed by atoms with van der Waals surface area (Å²) in [5, 5.41) is 2.72. The Labute approximate surface area is 161 Å². The van der Waals surface area contributed by atoms with Gasteiger partial charge in [-0.25, -0.2) is 0 Å². The number of aromatic nitrogens is 1. The standard InChI is InChI=1S/C20H14F6N2O/c1-12-8-16(27-15-6-2-4-13(9-15)19(21,22)23)11-18(29)28(12)17-7-3-5-14(10-17)20(24,25)26/h2-11,27H,1H3. The largest absolute Gasteiger partial charge is 0.416 e. The van der Waals surface area contributed by atoms with E-state index in [1.807, 2.05) is 0 Å². The number of benzene rings is 2. The molecular formula is C20H14F6N2O. The van der Waals surface area contributed by atoms with E-state index in [1.165, 1.54) is 37.3 Å². The summed E-state index contributed by atoms with van der Waals surface area (Å²) >= 11 is 0. The van der Waals surface area contributed by atoms with Crippen molar-refractivity contribution in [2.45, 2.75) is 19.3 Å². The van der Waals surface area contributed by atoms with Crippen LogP contribution in [0.3, 0.4) is 0 Å². The monoisotopic (exact) mass is 412 g/mol. The van der Waals surface area contributed by atoms with Gasteiger partial charge in [-0.1, -0.05) is 12.1 Å². The molecule has 3 nitrogen and oxygen atoms in total. The van der Waals surface area contributed by atoms with E-state index in [0.29, 0.717) is 5.69 Å². The van der Waals surface area contributed by atoms with E-state index in [-0.39, 0.29) is 17.1 Å². The average Bonchev–Trinajstić information content (AvgIpc) is 2.60. The first-order chi connectivity index (χ1) is 13.4. The maximum absolute atomic E-state index is 12.9. The Bertz CT molecular complexity index is 1100. The summed E-state index contributed by atoms with van der Waals surface area (Å²) in [6.45, 7) is 1.51. The number of rotatable bonds is 3. The molecule has 0 amide bonds. The van der Waals surface area contributed by atoms with Gasteiger partial charge in [0.2, 0.25) is 0 Å². The minimum atomic E-state index is -4.56. The van der Waals surface area contributed by atoms with Crippen LogP contribution in [0.4, 0.5) is 37.7 Å². The van der Waals surface area contributed by atoms with Crippen molar-refractivity contribution in [3.8, 4) is 5.69 Å². The second-order valence-corrected chi connectivity index (χ2v) is 6.31. The molecule has 0 bridgehead atoms. The van der Waals surface area contributed by atoms with Crippen LogP contribution in [0, 0.1) is 6.92 Å². The molecule has 0 aliphatic carbocycles. The Balaban J connectivity index is 1.96. The third kappa shape index (κ3) is 4.61. The van der Waals surface area contributed by atoms with E-state index in [0.717, 1.165) is 34.9 Å². The zero-order chi connectivity index (χ0) is 21.4. The van der Waals surface area contributed by atoms with Crippen LogP contribution in [0.25, 0.3) is 5.69 Å². The molecular weight excluding hydrogens is 398 g/mol. The van der Waals surface area contributed by atoms with Gasteiger partial charge in [-0.05, 0) is 49.4 Å². The van der Waals surface area contributed by atoms with Gasteiger partial charge in [-0.2, -0.15) is 26.3 Å². The van der Waals surface area contributed by atoms with Gasteiger partial charge >= 0.3 is 12.4 Å². The number of hydrogen-bond donors (Lipinski definition) is 1. The lowest BCUT2D eigenvalue weighted by atomic mass is 10.1. The van der Waals surface area contributed by atoms with Crippen molar-refractivity contribution in [2.24, 2.45) is 0 Å². The van der Waals surface area contributed by atoms with E-state index in [4.69, 9.17) is 0 Å². The molecule has 1 N–H and O–H groups in total. The van der Waals surface area contributed by atoms with Crippen molar-refractivity contribution in [3.63, 3.8) is 0 Å². The van der Waals surface area contributed by atoms with Crippen molar-refractivity contribution in [1.82, 2.24) is 4.57 Å². The van der Waals surface area contributed by atoms with Crippen molar-refractivity contribution in [3.05, 3.63) is 87.8 Å². The average molecular weight is 412 g/mol. The first kappa shape index (κ1) is 20.5. The van der Waals surface area contributed by atoms with Gasteiger partial charge in [0, 0.05) is 28.8 Å². The second-order valence-electron chi connectivity index (χ2n) is 6.31. The number of anilines is 2. The molecule has 0 aliphatic heterocycles. The number of pyridine rings is 1. The maximum Gasteiger partial charge on any atom is 0.416 e. The van der Waals surface area contributed by atoms with E-state index in [1.54, 1.807) is 0 Å². The lowest BCUT2D eigenvalue weighted by Gasteiger charge is -2.15. The Morgan fingerprint density at radius 1 is 0.759 bits per heavy atom. The SMILES string of the molecule is Cc1cc(Nc2cccc(C(F)(F)F)c2)cc(=O)n1-c1cccc(C(F)(F)F)c1. The second kappa shape index (κ2) is 7.31. The highest BCUT2D eigenvalue weighted by atomic mass is 19.4. The summed E-state index contributed by atoms with van der Waals surface area (Å²) in [5.74, 6) is 0. The molecule has 3 rings (SSSR count). The van der Waals surface area contributed by atoms with E-state index < -0.39 is 29.0 Å². The first-order valence-corrected chi connectivity index (χ1v) is 8.31. The van der Waals surface area contributed by atoms with E-state index in [9.17, 15) is 31.1 Å². The summed E-state index contributed by atoms with van der Waals surface area (Å²) in [7, 11) is 0. The van der Waals surface area contributed by atoms with E-state index in [2.05, 4.69) is 5.32 Å². The molecule has 29 heavy (non-hydrogen) atoms. The molecule has 0 fully saturated rings. The summed E-state index contributed by atoms with van der Waals surface area (Å²) in [6.07, 6.45) is -9.07. The molecule has 0 atom stereocenters. The van der Waals surface area contributed by atoms with Crippen LogP contribution in [-0.4, -0.2) is 4.57 Å². The number of hydrogen-bond acceptors (Lipinski definition) is 2. The fourth-order valence-electron chi connectivity index (χ4n) is 2.87. The Morgan fingerprint density at radius 2 is 1.34 bits per heavy atom. The number of nitrogens with one attached hydrogen (secondary N) is 1. The lowest BCUT2D eigenvalue weighted by Crippen LogP contribution is -2.20. The molecule has 0 aliphatic rings. The van der Waals surface area contributed by atoms with Gasteiger partial charge in [0.25, 0.3) is 5.56 Å². The molecule has 0 unspecified atom stereocenters. The molecule has 0 spiro atoms. The van der Waals surface area contributed by atoms with E-state index >= 15 is 0 Å². The molecule has 3 aromatic rings. The van der Waals surface area contributed by atoms with Gasteiger partial charge in [-0.15, -0.1) is 0 Å². The molecule has 152 valence electrons. The fraction of sp³-hybridized carbons (Fsp3) is 0.150. The molecule has 0 radical (unpaired) electrons. The third-order valence-corrected chi connectivity index (χ3v) is 4.13. The topological polar surface area (TPSA) is 34.0 Å². The van der Waals surface area contributed by atoms with Gasteiger partial charge in [0.05, 0.1) is 11.1 Å². The van der Waals surface area contributed by atoms with Gasteiger partial charge in [0.15, 0.2) is 0 Å². The maximum atomic E-state index is 12.9. The molecule has 1 heterocycles. The highest BCUT2D eigenvalue weighted by Crippen LogP contribution is 2.32. The summed E-state index contributed by atoms with van der Waals surface area (Å²) in [5.41, 5.74) is -1.69. The lowest BCUT2D eigenvalue weighted by molar-refractivity contribution is -0.138. The van der Waals surface area contributed by atoms with Crippen LogP contribution in [0.2, 0.25) is 0 Å². The highest BCUT2D eigenvalue weighted by Gasteiger charge is 2.31. The summed E-state index contributed by atoms with van der Waals surface area (Å²) in [6, 6.07) is 11.3. The normalized spacial score (nSPS) is 12.1. The minimum absolute atomic E-state index is 0.0351. The van der Waals surface area contributed by atoms with Gasteiger partial charge in [-0.3, -0.25) is 9.36 Å². The van der Waals surface area contributed by atoms with Gasteiger partial charge < -0.3 is 5.32 Å². The number of aryl methyl sites for hydroxylation is 1. The number of alkyl halides is 6. The zero-order valence-corrected chi connectivity index (χ0v) is 14.9. The summed E-state index contributed by atoms with van der Waals surface area (Å²) in [4.78, 5) is 12.5.